The van der Waals surface area contributed by atoms with Crippen LogP contribution in [-0.2, 0) is 16.1 Å². The van der Waals surface area contributed by atoms with E-state index in [1.54, 1.807) is 7.11 Å². The molecule has 0 aliphatic carbocycles. The van der Waals surface area contributed by atoms with Gasteiger partial charge >= 0.3 is 24.3 Å². The van der Waals surface area contributed by atoms with Gasteiger partial charge in [0.1, 0.15) is 12.4 Å². The van der Waals surface area contributed by atoms with E-state index in [4.69, 9.17) is 29.3 Å². The van der Waals surface area contributed by atoms with Gasteiger partial charge in [-0.25, -0.2) is 14.6 Å². The van der Waals surface area contributed by atoms with Crippen LogP contribution in [0.2, 0.25) is 0 Å². The lowest BCUT2D eigenvalue weighted by Crippen LogP contribution is -2.21. The SMILES string of the molecule is COc1cccc(-c2ccc3c(n2)OCCNC3)c1.O=C(O)C(F)(F)F.O=C(O)C(F)(F)F. The van der Waals surface area contributed by atoms with Crippen molar-refractivity contribution in [1.82, 2.24) is 10.3 Å². The van der Waals surface area contributed by atoms with Crippen molar-refractivity contribution in [2.75, 3.05) is 20.3 Å². The first-order chi connectivity index (χ1) is 15.3. The van der Waals surface area contributed by atoms with Crippen molar-refractivity contribution in [2.45, 2.75) is 18.9 Å². The van der Waals surface area contributed by atoms with Gasteiger partial charge in [0.15, 0.2) is 0 Å². The standard InChI is InChI=1S/C15H16N2O2.2C2HF3O2/c1-18-13-4-2-3-11(9-13)14-6-5-12-10-16-7-8-19-15(12)17-14;2*3-2(4,5)1(6)7/h2-6,9,16H,7-8,10H2,1H3;2*(H,6,7). The number of benzene rings is 1. The number of alkyl halides is 6. The lowest BCUT2D eigenvalue weighted by Gasteiger charge is -2.09. The summed E-state index contributed by atoms with van der Waals surface area (Å²) in [6.45, 7) is 2.31. The number of hydrogen-bond acceptors (Lipinski definition) is 6. The highest BCUT2D eigenvalue weighted by atomic mass is 19.4. The van der Waals surface area contributed by atoms with Crippen LogP contribution < -0.4 is 14.8 Å². The van der Waals surface area contributed by atoms with Gasteiger partial charge in [-0.2, -0.15) is 26.3 Å². The van der Waals surface area contributed by atoms with E-state index in [1.807, 2.05) is 30.3 Å². The van der Waals surface area contributed by atoms with Gasteiger partial charge in [-0.15, -0.1) is 0 Å². The number of aliphatic carboxylic acids is 2. The van der Waals surface area contributed by atoms with Gasteiger partial charge < -0.3 is 25.0 Å². The number of rotatable bonds is 2. The topological polar surface area (TPSA) is 118 Å². The molecule has 3 N–H and O–H groups in total. The maximum absolute atomic E-state index is 10.6. The molecule has 1 aromatic heterocycles. The van der Waals surface area contributed by atoms with E-state index in [-0.39, 0.29) is 0 Å². The third-order valence-electron chi connectivity index (χ3n) is 3.62. The maximum atomic E-state index is 10.6. The third kappa shape index (κ3) is 9.64. The number of carbonyl (C=O) groups is 2. The normalized spacial score (nSPS) is 12.9. The summed E-state index contributed by atoms with van der Waals surface area (Å²) in [4.78, 5) is 22.4. The molecule has 2 aromatic rings. The summed E-state index contributed by atoms with van der Waals surface area (Å²) in [5.74, 6) is -3.96. The second-order valence-electron chi connectivity index (χ2n) is 6.02. The Kier molecular flexibility index (Phi) is 9.91. The molecular formula is C19H18F6N2O6. The molecule has 0 fully saturated rings. The van der Waals surface area contributed by atoms with Crippen LogP contribution in [0.25, 0.3) is 11.3 Å². The molecule has 3 rings (SSSR count). The van der Waals surface area contributed by atoms with Gasteiger partial charge in [0.25, 0.3) is 0 Å². The Hall–Kier alpha value is -3.55. The molecule has 0 saturated heterocycles. The Bertz CT molecular complexity index is 925. The summed E-state index contributed by atoms with van der Waals surface area (Å²) in [5.41, 5.74) is 3.03. The van der Waals surface area contributed by atoms with Gasteiger partial charge in [-0.1, -0.05) is 18.2 Å². The number of pyridine rings is 1. The summed E-state index contributed by atoms with van der Waals surface area (Å²) >= 11 is 0. The average molecular weight is 484 g/mol. The van der Waals surface area contributed by atoms with Crippen LogP contribution in [0.5, 0.6) is 11.6 Å². The van der Waals surface area contributed by atoms with Crippen molar-refractivity contribution in [3.8, 4) is 22.9 Å². The van der Waals surface area contributed by atoms with Crippen LogP contribution in [0.15, 0.2) is 36.4 Å². The molecule has 0 atom stereocenters. The van der Waals surface area contributed by atoms with Crippen LogP contribution in [0.1, 0.15) is 5.56 Å². The largest absolute Gasteiger partial charge is 0.497 e. The van der Waals surface area contributed by atoms with Crippen molar-refractivity contribution in [3.63, 3.8) is 0 Å². The number of hydrogen-bond donors (Lipinski definition) is 3. The van der Waals surface area contributed by atoms with Gasteiger partial charge in [0.05, 0.1) is 12.8 Å². The molecular weight excluding hydrogens is 466 g/mol. The zero-order chi connectivity index (χ0) is 25.2. The maximum Gasteiger partial charge on any atom is 0.490 e. The lowest BCUT2D eigenvalue weighted by atomic mass is 10.1. The molecule has 182 valence electrons. The summed E-state index contributed by atoms with van der Waals surface area (Å²) < 4.78 is 74.4. The van der Waals surface area contributed by atoms with Gasteiger partial charge in [-0.05, 0) is 18.2 Å². The van der Waals surface area contributed by atoms with E-state index < -0.39 is 24.3 Å². The smallest absolute Gasteiger partial charge is 0.490 e. The number of carboxylic acids is 2. The molecule has 8 nitrogen and oxygen atoms in total. The zero-order valence-corrected chi connectivity index (χ0v) is 16.8. The zero-order valence-electron chi connectivity index (χ0n) is 16.8. The first-order valence-corrected chi connectivity index (χ1v) is 8.83. The molecule has 0 amide bonds. The highest BCUT2D eigenvalue weighted by molar-refractivity contribution is 5.73. The fourth-order valence-corrected chi connectivity index (χ4v) is 2.11. The predicted molar refractivity (Wildman–Crippen MR) is 101 cm³/mol. The van der Waals surface area contributed by atoms with Crippen molar-refractivity contribution in [1.29, 1.82) is 0 Å². The van der Waals surface area contributed by atoms with Crippen LogP contribution in [0.4, 0.5) is 26.3 Å². The number of nitrogens with zero attached hydrogens (tertiary/aromatic N) is 1. The Morgan fingerprint density at radius 1 is 1.03 bits per heavy atom. The molecule has 1 aromatic carbocycles. The minimum Gasteiger partial charge on any atom is -0.497 e. The van der Waals surface area contributed by atoms with E-state index in [1.165, 1.54) is 0 Å². The molecule has 0 bridgehead atoms. The number of halogens is 6. The highest BCUT2D eigenvalue weighted by Crippen LogP contribution is 2.26. The number of fused-ring (bicyclic) bond motifs is 1. The summed E-state index contributed by atoms with van der Waals surface area (Å²) in [7, 11) is 1.67. The fraction of sp³-hybridized carbons (Fsp3) is 0.316. The minimum atomic E-state index is -5.08. The van der Waals surface area contributed by atoms with Gasteiger partial charge in [-0.3, -0.25) is 0 Å². The third-order valence-corrected chi connectivity index (χ3v) is 3.62. The number of methoxy groups -OCH3 is 1. The van der Waals surface area contributed by atoms with Crippen molar-refractivity contribution in [3.05, 3.63) is 42.0 Å². The number of ether oxygens (including phenoxy) is 2. The van der Waals surface area contributed by atoms with E-state index in [0.29, 0.717) is 6.61 Å². The van der Waals surface area contributed by atoms with Crippen LogP contribution in [-0.4, -0.2) is 59.7 Å². The Balaban J connectivity index is 0.000000324. The molecule has 2 heterocycles. The first-order valence-electron chi connectivity index (χ1n) is 8.83. The number of carboxylic acid groups (broad SMARTS) is 2. The number of aromatic nitrogens is 1. The molecule has 0 spiro atoms. The molecule has 0 radical (unpaired) electrons. The van der Waals surface area contributed by atoms with Crippen molar-refractivity contribution in [2.24, 2.45) is 0 Å². The second-order valence-corrected chi connectivity index (χ2v) is 6.02. The molecule has 1 aliphatic heterocycles. The monoisotopic (exact) mass is 484 g/mol. The van der Waals surface area contributed by atoms with E-state index >= 15 is 0 Å². The Morgan fingerprint density at radius 2 is 1.61 bits per heavy atom. The van der Waals surface area contributed by atoms with Crippen LogP contribution >= 0.6 is 0 Å². The molecule has 33 heavy (non-hydrogen) atoms. The summed E-state index contributed by atoms with van der Waals surface area (Å²) in [6, 6.07) is 12.0. The minimum absolute atomic E-state index is 0.654. The van der Waals surface area contributed by atoms with Crippen LogP contribution in [0.3, 0.4) is 0 Å². The number of nitrogens with one attached hydrogen (secondary N) is 1. The Morgan fingerprint density at radius 3 is 2.12 bits per heavy atom. The quantitative estimate of drug-likeness (QED) is 0.555. The fourth-order valence-electron chi connectivity index (χ4n) is 2.11. The first kappa shape index (κ1) is 27.5. The highest BCUT2D eigenvalue weighted by Gasteiger charge is 2.38. The van der Waals surface area contributed by atoms with E-state index in [2.05, 4.69) is 16.4 Å². The van der Waals surface area contributed by atoms with Gasteiger partial charge in [0.2, 0.25) is 5.88 Å². The van der Waals surface area contributed by atoms with E-state index in [0.717, 1.165) is 41.5 Å². The van der Waals surface area contributed by atoms with Crippen molar-refractivity contribution >= 4 is 11.9 Å². The predicted octanol–water partition coefficient (Wildman–Crippen LogP) is 3.51. The van der Waals surface area contributed by atoms with Crippen LogP contribution in [0, 0.1) is 0 Å². The Labute approximate surface area is 182 Å². The van der Waals surface area contributed by atoms with Crippen molar-refractivity contribution < 1.29 is 55.6 Å². The molecule has 0 unspecified atom stereocenters. The molecule has 14 heteroatoms. The summed E-state index contributed by atoms with van der Waals surface area (Å²) in [6.07, 6.45) is -10.2. The second kappa shape index (κ2) is 11.9. The summed E-state index contributed by atoms with van der Waals surface area (Å²) in [5, 5.41) is 17.5. The van der Waals surface area contributed by atoms with Gasteiger partial charge in [0, 0.05) is 24.2 Å². The van der Waals surface area contributed by atoms with E-state index in [9.17, 15) is 26.3 Å². The molecule has 0 saturated carbocycles. The average Bonchev–Trinajstić information content (AvgIpc) is 2.98. The molecule has 1 aliphatic rings. The lowest BCUT2D eigenvalue weighted by molar-refractivity contribution is -0.193.